The summed E-state index contributed by atoms with van der Waals surface area (Å²) in [6.45, 7) is 5.41. The fraction of sp³-hybridized carbons (Fsp3) is 0.647. The molecule has 1 aromatic rings. The van der Waals surface area contributed by atoms with Gasteiger partial charge < -0.3 is 10.1 Å². The van der Waals surface area contributed by atoms with Crippen molar-refractivity contribution < 1.29 is 9.13 Å². The molecule has 1 fully saturated rings. The number of rotatable bonds is 3. The number of ether oxygens (including phenoxy) is 1. The smallest absolute Gasteiger partial charge is 0.127 e. The molecule has 3 rings (SSSR count). The number of thioether (sulfide) groups is 1. The molecule has 0 radical (unpaired) electrons. The van der Waals surface area contributed by atoms with Gasteiger partial charge in [-0.2, -0.15) is 11.8 Å². The molecule has 0 aromatic heterocycles. The van der Waals surface area contributed by atoms with Gasteiger partial charge in [-0.25, -0.2) is 4.39 Å². The Bertz CT molecular complexity index is 510. The highest BCUT2D eigenvalue weighted by molar-refractivity contribution is 8.00. The Morgan fingerprint density at radius 3 is 3.10 bits per heavy atom. The van der Waals surface area contributed by atoms with E-state index in [0.717, 1.165) is 37.1 Å². The van der Waals surface area contributed by atoms with Gasteiger partial charge in [0.1, 0.15) is 17.2 Å². The van der Waals surface area contributed by atoms with E-state index in [9.17, 15) is 4.39 Å². The average Bonchev–Trinajstić information content (AvgIpc) is 2.47. The summed E-state index contributed by atoms with van der Waals surface area (Å²) >= 11 is 1.98. The topological polar surface area (TPSA) is 21.3 Å². The Morgan fingerprint density at radius 2 is 2.33 bits per heavy atom. The summed E-state index contributed by atoms with van der Waals surface area (Å²) in [5, 5.41) is 4.08. The number of nitrogens with one attached hydrogen (secondary N) is 1. The van der Waals surface area contributed by atoms with Crippen molar-refractivity contribution in [1.82, 2.24) is 5.32 Å². The molecule has 0 saturated carbocycles. The third-order valence-corrected chi connectivity index (χ3v) is 6.16. The van der Waals surface area contributed by atoms with Gasteiger partial charge in [-0.1, -0.05) is 13.0 Å². The minimum Gasteiger partial charge on any atom is -0.486 e. The van der Waals surface area contributed by atoms with Gasteiger partial charge in [-0.05, 0) is 44.6 Å². The number of hydrogen-bond acceptors (Lipinski definition) is 3. The highest BCUT2D eigenvalue weighted by atomic mass is 32.2. The van der Waals surface area contributed by atoms with Crippen LogP contribution in [0, 0.1) is 5.82 Å². The molecule has 1 spiro atoms. The first-order chi connectivity index (χ1) is 10.1. The van der Waals surface area contributed by atoms with Crippen LogP contribution in [0.4, 0.5) is 4.39 Å². The first-order valence-corrected chi connectivity index (χ1v) is 9.03. The first-order valence-electron chi connectivity index (χ1n) is 7.98. The zero-order valence-corrected chi connectivity index (χ0v) is 13.6. The van der Waals surface area contributed by atoms with Crippen molar-refractivity contribution >= 4 is 11.8 Å². The molecule has 116 valence electrons. The molecule has 4 heteroatoms. The molecule has 2 heterocycles. The van der Waals surface area contributed by atoms with E-state index >= 15 is 0 Å². The van der Waals surface area contributed by atoms with Crippen molar-refractivity contribution in [3.8, 4) is 5.75 Å². The van der Waals surface area contributed by atoms with Gasteiger partial charge >= 0.3 is 0 Å². The Labute approximate surface area is 130 Å². The van der Waals surface area contributed by atoms with Crippen molar-refractivity contribution in [2.75, 3.05) is 12.3 Å². The molecule has 1 aromatic carbocycles. The van der Waals surface area contributed by atoms with Crippen LogP contribution in [-0.2, 0) is 0 Å². The molecular weight excluding hydrogens is 285 g/mol. The maximum atomic E-state index is 13.6. The molecule has 1 N–H and O–H groups in total. The normalized spacial score (nSPS) is 31.8. The van der Waals surface area contributed by atoms with E-state index in [2.05, 4.69) is 19.2 Å². The second-order valence-electron chi connectivity index (χ2n) is 6.18. The monoisotopic (exact) mass is 309 g/mol. The van der Waals surface area contributed by atoms with Crippen LogP contribution in [-0.4, -0.2) is 23.1 Å². The standard InChI is InChI=1S/C17H24FNOS/c1-3-8-19-15-11-17(7-4-9-21-12(17)2)20-16-10-13(18)5-6-14(15)16/h5-6,10,12,15,19H,3-4,7-9,11H2,1-2H3. The molecular formula is C17H24FNOS. The van der Waals surface area contributed by atoms with Gasteiger partial charge in [0.2, 0.25) is 0 Å². The lowest BCUT2D eigenvalue weighted by atomic mass is 9.81. The van der Waals surface area contributed by atoms with Crippen LogP contribution < -0.4 is 10.1 Å². The van der Waals surface area contributed by atoms with Crippen molar-refractivity contribution in [1.29, 1.82) is 0 Å². The lowest BCUT2D eigenvalue weighted by Gasteiger charge is -2.48. The third-order valence-electron chi connectivity index (χ3n) is 4.71. The van der Waals surface area contributed by atoms with Gasteiger partial charge in [0.15, 0.2) is 0 Å². The van der Waals surface area contributed by atoms with Crippen molar-refractivity contribution in [3.63, 3.8) is 0 Å². The zero-order chi connectivity index (χ0) is 14.9. The molecule has 2 nitrogen and oxygen atoms in total. The Hall–Kier alpha value is -0.740. The SMILES string of the molecule is CCCNC1CC2(CCCSC2C)Oc2cc(F)ccc21. The number of halogens is 1. The highest BCUT2D eigenvalue weighted by Gasteiger charge is 2.46. The summed E-state index contributed by atoms with van der Waals surface area (Å²) in [5.41, 5.74) is 0.966. The van der Waals surface area contributed by atoms with Gasteiger partial charge in [-0.15, -0.1) is 0 Å². The minimum atomic E-state index is -0.212. The predicted molar refractivity (Wildman–Crippen MR) is 86.6 cm³/mol. The van der Waals surface area contributed by atoms with Crippen LogP contribution in [0.1, 0.15) is 51.1 Å². The fourth-order valence-electron chi connectivity index (χ4n) is 3.49. The van der Waals surface area contributed by atoms with Crippen LogP contribution in [0.5, 0.6) is 5.75 Å². The van der Waals surface area contributed by atoms with Gasteiger partial charge in [-0.3, -0.25) is 0 Å². The van der Waals surface area contributed by atoms with Crippen LogP contribution in [0.3, 0.4) is 0 Å². The van der Waals surface area contributed by atoms with Crippen LogP contribution in [0.25, 0.3) is 0 Å². The third kappa shape index (κ3) is 2.93. The summed E-state index contributed by atoms with van der Waals surface area (Å²) in [7, 11) is 0. The Kier molecular flexibility index (Phi) is 4.46. The van der Waals surface area contributed by atoms with Gasteiger partial charge in [0, 0.05) is 29.3 Å². The second-order valence-corrected chi connectivity index (χ2v) is 7.63. The molecule has 0 aliphatic carbocycles. The molecule has 21 heavy (non-hydrogen) atoms. The summed E-state index contributed by atoms with van der Waals surface area (Å²) in [4.78, 5) is 0. The van der Waals surface area contributed by atoms with Crippen molar-refractivity contribution in [2.45, 2.75) is 56.4 Å². The van der Waals surface area contributed by atoms with Gasteiger partial charge in [0.05, 0.1) is 0 Å². The van der Waals surface area contributed by atoms with E-state index in [1.165, 1.54) is 12.2 Å². The Morgan fingerprint density at radius 1 is 1.48 bits per heavy atom. The van der Waals surface area contributed by atoms with E-state index in [1.54, 1.807) is 12.1 Å². The molecule has 3 unspecified atom stereocenters. The van der Waals surface area contributed by atoms with Crippen LogP contribution in [0.15, 0.2) is 18.2 Å². The molecule has 0 amide bonds. The van der Waals surface area contributed by atoms with E-state index in [-0.39, 0.29) is 17.5 Å². The molecule has 2 aliphatic rings. The second kappa shape index (κ2) is 6.17. The summed E-state index contributed by atoms with van der Waals surface area (Å²) in [6.07, 6.45) is 4.34. The lowest BCUT2D eigenvalue weighted by molar-refractivity contribution is 0.0200. The Balaban J connectivity index is 1.94. The van der Waals surface area contributed by atoms with E-state index in [4.69, 9.17) is 4.74 Å². The van der Waals surface area contributed by atoms with Crippen molar-refractivity contribution in [3.05, 3.63) is 29.6 Å². The minimum absolute atomic E-state index is 0.144. The quantitative estimate of drug-likeness (QED) is 0.899. The summed E-state index contributed by atoms with van der Waals surface area (Å²) in [5.74, 6) is 1.73. The molecule has 3 atom stereocenters. The molecule has 1 saturated heterocycles. The maximum absolute atomic E-state index is 13.6. The fourth-order valence-corrected chi connectivity index (χ4v) is 4.72. The number of fused-ring (bicyclic) bond motifs is 1. The van der Waals surface area contributed by atoms with Crippen LogP contribution >= 0.6 is 11.8 Å². The molecule has 2 aliphatic heterocycles. The number of benzene rings is 1. The summed E-state index contributed by atoms with van der Waals surface area (Å²) < 4.78 is 20.0. The van der Waals surface area contributed by atoms with E-state index in [1.807, 2.05) is 17.8 Å². The average molecular weight is 309 g/mol. The number of hydrogen-bond donors (Lipinski definition) is 1. The largest absolute Gasteiger partial charge is 0.486 e. The lowest BCUT2D eigenvalue weighted by Crippen LogP contribution is -2.52. The van der Waals surface area contributed by atoms with Crippen molar-refractivity contribution in [2.24, 2.45) is 0 Å². The van der Waals surface area contributed by atoms with E-state index in [0.29, 0.717) is 5.25 Å². The first kappa shape index (κ1) is 15.2. The van der Waals surface area contributed by atoms with Crippen LogP contribution in [0.2, 0.25) is 0 Å². The van der Waals surface area contributed by atoms with E-state index < -0.39 is 0 Å². The zero-order valence-electron chi connectivity index (χ0n) is 12.8. The predicted octanol–water partition coefficient (Wildman–Crippen LogP) is 4.30. The summed E-state index contributed by atoms with van der Waals surface area (Å²) in [6, 6.07) is 5.25. The maximum Gasteiger partial charge on any atom is 0.127 e. The molecule has 0 bridgehead atoms. The van der Waals surface area contributed by atoms with Gasteiger partial charge in [0.25, 0.3) is 0 Å². The highest BCUT2D eigenvalue weighted by Crippen LogP contribution is 2.48.